The van der Waals surface area contributed by atoms with E-state index in [1.807, 2.05) is 6.07 Å². The van der Waals surface area contributed by atoms with Gasteiger partial charge in [-0.2, -0.15) is 0 Å². The third-order valence-corrected chi connectivity index (χ3v) is 2.67. The van der Waals surface area contributed by atoms with E-state index in [4.69, 9.17) is 4.74 Å². The lowest BCUT2D eigenvalue weighted by Gasteiger charge is -2.05. The van der Waals surface area contributed by atoms with E-state index >= 15 is 0 Å². The van der Waals surface area contributed by atoms with Crippen molar-refractivity contribution < 1.29 is 4.74 Å². The highest BCUT2D eigenvalue weighted by molar-refractivity contribution is 5.37. The molecule has 0 spiro atoms. The van der Waals surface area contributed by atoms with E-state index in [0.29, 0.717) is 5.88 Å². The van der Waals surface area contributed by atoms with E-state index in [1.54, 1.807) is 7.11 Å². The number of anilines is 1. The zero-order valence-corrected chi connectivity index (χ0v) is 8.53. The zero-order valence-electron chi connectivity index (χ0n) is 8.53. The van der Waals surface area contributed by atoms with Crippen molar-refractivity contribution in [3.8, 4) is 5.88 Å². The van der Waals surface area contributed by atoms with Gasteiger partial charge in [-0.3, -0.25) is 0 Å². The van der Waals surface area contributed by atoms with Crippen LogP contribution in [0.1, 0.15) is 13.3 Å². The van der Waals surface area contributed by atoms with Crippen LogP contribution in [0.15, 0.2) is 12.4 Å². The second-order valence-electron chi connectivity index (χ2n) is 3.80. The van der Waals surface area contributed by atoms with Crippen LogP contribution in [0.2, 0.25) is 0 Å². The average Bonchev–Trinajstić information content (AvgIpc) is 2.92. The number of hydrogen-bond acceptors (Lipinski definition) is 4. The van der Waals surface area contributed by atoms with E-state index in [1.165, 1.54) is 12.7 Å². The van der Waals surface area contributed by atoms with Crippen LogP contribution in [0, 0.1) is 11.8 Å². The summed E-state index contributed by atoms with van der Waals surface area (Å²) in [5, 5.41) is 3.28. The fourth-order valence-electron chi connectivity index (χ4n) is 1.47. The third-order valence-electron chi connectivity index (χ3n) is 2.67. The summed E-state index contributed by atoms with van der Waals surface area (Å²) in [6, 6.07) is 1.81. The molecule has 1 aliphatic carbocycles. The van der Waals surface area contributed by atoms with Gasteiger partial charge >= 0.3 is 0 Å². The molecule has 1 aliphatic rings. The van der Waals surface area contributed by atoms with E-state index in [-0.39, 0.29) is 0 Å². The average molecular weight is 193 g/mol. The molecule has 0 bridgehead atoms. The molecular weight excluding hydrogens is 178 g/mol. The van der Waals surface area contributed by atoms with Crippen LogP contribution in [0.3, 0.4) is 0 Å². The largest absolute Gasteiger partial charge is 0.481 e. The molecule has 4 heteroatoms. The van der Waals surface area contributed by atoms with Crippen molar-refractivity contribution in [2.45, 2.75) is 13.3 Å². The summed E-state index contributed by atoms with van der Waals surface area (Å²) in [6.07, 6.45) is 2.84. The Balaban J connectivity index is 1.88. The maximum absolute atomic E-state index is 5.01. The minimum atomic E-state index is 0.603. The second kappa shape index (κ2) is 3.82. The molecule has 1 N–H and O–H groups in total. The van der Waals surface area contributed by atoms with Crippen molar-refractivity contribution in [3.05, 3.63) is 12.4 Å². The molecule has 1 aromatic rings. The van der Waals surface area contributed by atoms with Gasteiger partial charge in [0.05, 0.1) is 7.11 Å². The van der Waals surface area contributed by atoms with Crippen molar-refractivity contribution in [2.75, 3.05) is 19.0 Å². The van der Waals surface area contributed by atoms with Crippen molar-refractivity contribution >= 4 is 5.82 Å². The normalized spacial score (nSPS) is 24.4. The first-order chi connectivity index (χ1) is 6.79. The van der Waals surface area contributed by atoms with Crippen LogP contribution in [0.5, 0.6) is 5.88 Å². The van der Waals surface area contributed by atoms with Gasteiger partial charge in [0.15, 0.2) is 0 Å². The molecule has 14 heavy (non-hydrogen) atoms. The first-order valence-corrected chi connectivity index (χ1v) is 4.89. The van der Waals surface area contributed by atoms with E-state index in [0.717, 1.165) is 24.2 Å². The highest BCUT2D eigenvalue weighted by Gasteiger charge is 2.31. The Labute approximate surface area is 83.7 Å². The quantitative estimate of drug-likeness (QED) is 0.788. The van der Waals surface area contributed by atoms with Gasteiger partial charge < -0.3 is 10.1 Å². The van der Waals surface area contributed by atoms with Crippen LogP contribution < -0.4 is 10.1 Å². The Bertz CT molecular complexity index is 316. The predicted molar refractivity (Wildman–Crippen MR) is 54.3 cm³/mol. The molecule has 1 heterocycles. The molecule has 0 radical (unpaired) electrons. The Morgan fingerprint density at radius 1 is 1.57 bits per heavy atom. The molecule has 2 atom stereocenters. The van der Waals surface area contributed by atoms with Crippen LogP contribution in [0.4, 0.5) is 5.82 Å². The third kappa shape index (κ3) is 2.13. The van der Waals surface area contributed by atoms with Gasteiger partial charge in [0, 0.05) is 12.6 Å². The highest BCUT2D eigenvalue weighted by Crippen LogP contribution is 2.37. The Morgan fingerprint density at radius 3 is 3.00 bits per heavy atom. The molecule has 0 saturated heterocycles. The second-order valence-corrected chi connectivity index (χ2v) is 3.80. The molecule has 1 fully saturated rings. The lowest BCUT2D eigenvalue weighted by molar-refractivity contribution is 0.397. The number of ether oxygens (including phenoxy) is 1. The van der Waals surface area contributed by atoms with Gasteiger partial charge in [0.25, 0.3) is 0 Å². The van der Waals surface area contributed by atoms with Gasteiger partial charge in [-0.25, -0.2) is 9.97 Å². The summed E-state index contributed by atoms with van der Waals surface area (Å²) in [6.45, 7) is 3.27. The summed E-state index contributed by atoms with van der Waals surface area (Å²) in [7, 11) is 1.61. The van der Waals surface area contributed by atoms with Gasteiger partial charge in [-0.05, 0) is 18.3 Å². The van der Waals surface area contributed by atoms with Crippen molar-refractivity contribution in [1.29, 1.82) is 0 Å². The maximum atomic E-state index is 5.01. The standard InChI is InChI=1S/C10H15N3O/c1-7-3-8(7)5-11-9-4-10(14-2)13-6-12-9/h4,6-8H,3,5H2,1-2H3,(H,11,12,13). The molecule has 0 aromatic carbocycles. The summed E-state index contributed by atoms with van der Waals surface area (Å²) >= 11 is 0. The van der Waals surface area contributed by atoms with Crippen molar-refractivity contribution in [3.63, 3.8) is 0 Å². The molecule has 2 rings (SSSR count). The van der Waals surface area contributed by atoms with Gasteiger partial charge in [0.2, 0.25) is 5.88 Å². The zero-order chi connectivity index (χ0) is 9.97. The SMILES string of the molecule is COc1cc(NCC2CC2C)ncn1. The topological polar surface area (TPSA) is 47.0 Å². The molecule has 4 nitrogen and oxygen atoms in total. The Morgan fingerprint density at radius 2 is 2.36 bits per heavy atom. The minimum absolute atomic E-state index is 0.603. The Kier molecular flexibility index (Phi) is 2.52. The van der Waals surface area contributed by atoms with Crippen LogP contribution >= 0.6 is 0 Å². The van der Waals surface area contributed by atoms with Crippen LogP contribution in [0.25, 0.3) is 0 Å². The summed E-state index contributed by atoms with van der Waals surface area (Å²) in [5.74, 6) is 3.13. The van der Waals surface area contributed by atoms with Crippen LogP contribution in [-0.4, -0.2) is 23.6 Å². The van der Waals surface area contributed by atoms with E-state index in [9.17, 15) is 0 Å². The first-order valence-electron chi connectivity index (χ1n) is 4.89. The van der Waals surface area contributed by atoms with Gasteiger partial charge in [-0.15, -0.1) is 0 Å². The molecule has 1 aromatic heterocycles. The summed E-state index contributed by atoms with van der Waals surface area (Å²) in [5.41, 5.74) is 0. The van der Waals surface area contributed by atoms with Crippen molar-refractivity contribution in [1.82, 2.24) is 9.97 Å². The number of nitrogens with zero attached hydrogens (tertiary/aromatic N) is 2. The lowest BCUT2D eigenvalue weighted by Crippen LogP contribution is -2.06. The number of hydrogen-bond donors (Lipinski definition) is 1. The molecule has 0 amide bonds. The smallest absolute Gasteiger partial charge is 0.218 e. The fraction of sp³-hybridized carbons (Fsp3) is 0.600. The van der Waals surface area contributed by atoms with Crippen molar-refractivity contribution in [2.24, 2.45) is 11.8 Å². The van der Waals surface area contributed by atoms with Gasteiger partial charge in [0.1, 0.15) is 12.1 Å². The fourth-order valence-corrected chi connectivity index (χ4v) is 1.47. The van der Waals surface area contributed by atoms with Crippen LogP contribution in [-0.2, 0) is 0 Å². The Hall–Kier alpha value is -1.32. The van der Waals surface area contributed by atoms with E-state index < -0.39 is 0 Å². The monoisotopic (exact) mass is 193 g/mol. The predicted octanol–water partition coefficient (Wildman–Crippen LogP) is 1.55. The number of methoxy groups -OCH3 is 1. The lowest BCUT2D eigenvalue weighted by atomic mass is 10.3. The van der Waals surface area contributed by atoms with E-state index in [2.05, 4.69) is 22.2 Å². The number of rotatable bonds is 4. The number of aromatic nitrogens is 2. The molecule has 1 saturated carbocycles. The molecule has 2 unspecified atom stereocenters. The summed E-state index contributed by atoms with van der Waals surface area (Å²) in [4.78, 5) is 8.05. The highest BCUT2D eigenvalue weighted by atomic mass is 16.5. The minimum Gasteiger partial charge on any atom is -0.481 e. The number of nitrogens with one attached hydrogen (secondary N) is 1. The molecule has 0 aliphatic heterocycles. The summed E-state index contributed by atoms with van der Waals surface area (Å²) < 4.78 is 5.01. The molecule has 76 valence electrons. The first kappa shape index (κ1) is 9.24. The maximum Gasteiger partial charge on any atom is 0.218 e. The van der Waals surface area contributed by atoms with Gasteiger partial charge in [-0.1, -0.05) is 6.92 Å². The molecular formula is C10H15N3O.